The van der Waals surface area contributed by atoms with E-state index in [1.54, 1.807) is 6.07 Å². The molecule has 2 unspecified atom stereocenters. The van der Waals surface area contributed by atoms with E-state index in [1.807, 2.05) is 24.3 Å². The molecule has 2 aromatic heterocycles. The van der Waals surface area contributed by atoms with Gasteiger partial charge in [-0.3, -0.25) is 9.89 Å². The van der Waals surface area contributed by atoms with Gasteiger partial charge in [0.25, 0.3) is 0 Å². The number of carboxylic acid groups (broad SMARTS) is 1. The monoisotopic (exact) mass is 405 g/mol. The average molecular weight is 405 g/mol. The van der Waals surface area contributed by atoms with Gasteiger partial charge in [-0.1, -0.05) is 23.4 Å². The van der Waals surface area contributed by atoms with Crippen LogP contribution in [0.4, 0.5) is 11.4 Å². The predicted molar refractivity (Wildman–Crippen MR) is 105 cm³/mol. The number of benzene rings is 2. The number of carbonyl (C=O) groups is 2. The Bertz CT molecular complexity index is 1280. The molecule has 2 atom stereocenters. The zero-order valence-electron chi connectivity index (χ0n) is 15.2. The second kappa shape index (κ2) is 6.27. The van der Waals surface area contributed by atoms with Crippen molar-refractivity contribution in [2.75, 3.05) is 10.6 Å². The Balaban J connectivity index is 1.75. The van der Waals surface area contributed by atoms with Gasteiger partial charge < -0.3 is 21.5 Å². The lowest BCUT2D eigenvalue weighted by Crippen LogP contribution is -2.50. The number of carbonyl (C=O) groups excluding carboxylic acids is 1. The molecule has 0 saturated carbocycles. The first-order chi connectivity index (χ1) is 14.5. The highest BCUT2D eigenvalue weighted by molar-refractivity contribution is 5.95. The van der Waals surface area contributed by atoms with E-state index in [0.717, 1.165) is 5.39 Å². The van der Waals surface area contributed by atoms with Gasteiger partial charge >= 0.3 is 5.97 Å². The van der Waals surface area contributed by atoms with Gasteiger partial charge in [-0.15, -0.1) is 10.2 Å². The number of aromatic amines is 2. The van der Waals surface area contributed by atoms with Crippen LogP contribution < -0.4 is 16.4 Å². The van der Waals surface area contributed by atoms with Crippen LogP contribution in [-0.2, 0) is 10.5 Å². The van der Waals surface area contributed by atoms with Crippen molar-refractivity contribution in [2.24, 2.45) is 5.73 Å². The predicted octanol–water partition coefficient (Wildman–Crippen LogP) is 0.734. The van der Waals surface area contributed by atoms with E-state index in [1.165, 1.54) is 12.1 Å². The van der Waals surface area contributed by atoms with Crippen molar-refractivity contribution in [3.63, 3.8) is 0 Å². The Morgan fingerprint density at radius 3 is 2.60 bits per heavy atom. The number of amides is 1. The van der Waals surface area contributed by atoms with Gasteiger partial charge in [-0.25, -0.2) is 4.79 Å². The fraction of sp³-hybridized carbons (Fsp3) is 0.111. The number of nitrogens with two attached hydrogens (primary N) is 1. The number of tetrazole rings is 1. The summed E-state index contributed by atoms with van der Waals surface area (Å²) in [4.78, 5) is 24.1. The minimum atomic E-state index is -1.37. The summed E-state index contributed by atoms with van der Waals surface area (Å²) in [6, 6.07) is 11.9. The van der Waals surface area contributed by atoms with E-state index in [0.29, 0.717) is 22.6 Å². The molecule has 5 rings (SSSR count). The highest BCUT2D eigenvalue weighted by atomic mass is 16.4. The highest BCUT2D eigenvalue weighted by Gasteiger charge is 2.52. The number of nitrogens with one attached hydrogen (secondary N) is 4. The average Bonchev–Trinajstić information content (AvgIpc) is 3.45. The molecule has 0 saturated heterocycles. The van der Waals surface area contributed by atoms with Crippen LogP contribution in [0, 0.1) is 0 Å². The molecule has 2 aromatic carbocycles. The number of carboxylic acids is 1. The van der Waals surface area contributed by atoms with Gasteiger partial charge in [0.15, 0.2) is 11.5 Å². The Kier molecular flexibility index (Phi) is 3.68. The number of hydrogen-bond acceptors (Lipinski definition) is 8. The first-order valence-corrected chi connectivity index (χ1v) is 8.89. The summed E-state index contributed by atoms with van der Waals surface area (Å²) in [7, 11) is 0. The number of aromatic nitrogens is 6. The van der Waals surface area contributed by atoms with Crippen molar-refractivity contribution < 1.29 is 14.7 Å². The third-order valence-electron chi connectivity index (χ3n) is 5.12. The molecule has 0 fully saturated rings. The number of aromatic carboxylic acids is 1. The molecule has 12 heteroatoms. The summed E-state index contributed by atoms with van der Waals surface area (Å²) in [5, 5.41) is 37.7. The number of anilines is 2. The molecule has 1 aliphatic rings. The van der Waals surface area contributed by atoms with Crippen LogP contribution in [0.3, 0.4) is 0 Å². The van der Waals surface area contributed by atoms with E-state index >= 15 is 0 Å². The van der Waals surface area contributed by atoms with Crippen LogP contribution >= 0.6 is 0 Å². The van der Waals surface area contributed by atoms with Crippen molar-refractivity contribution in [3.05, 3.63) is 59.5 Å². The van der Waals surface area contributed by atoms with Crippen molar-refractivity contribution in [1.29, 1.82) is 0 Å². The molecule has 150 valence electrons. The molecule has 1 aliphatic heterocycles. The molecule has 0 spiro atoms. The van der Waals surface area contributed by atoms with E-state index in [9.17, 15) is 14.7 Å². The van der Waals surface area contributed by atoms with Gasteiger partial charge in [-0.2, -0.15) is 10.3 Å². The lowest BCUT2D eigenvalue weighted by Gasteiger charge is -2.34. The number of fused-ring (bicyclic) bond motifs is 2. The zero-order chi connectivity index (χ0) is 20.9. The molecule has 12 nitrogen and oxygen atoms in total. The van der Waals surface area contributed by atoms with Crippen molar-refractivity contribution >= 4 is 34.2 Å². The maximum Gasteiger partial charge on any atom is 0.335 e. The van der Waals surface area contributed by atoms with E-state index in [4.69, 9.17) is 5.73 Å². The van der Waals surface area contributed by atoms with Crippen LogP contribution in [0.15, 0.2) is 42.5 Å². The first-order valence-electron chi connectivity index (χ1n) is 8.89. The molecule has 0 bridgehead atoms. The highest BCUT2D eigenvalue weighted by Crippen LogP contribution is 2.47. The summed E-state index contributed by atoms with van der Waals surface area (Å²) < 4.78 is 0. The smallest absolute Gasteiger partial charge is 0.335 e. The molecular formula is C18H15N9O3. The summed E-state index contributed by atoms with van der Waals surface area (Å²) in [6.07, 6.45) is 0. The second-order valence-electron chi connectivity index (χ2n) is 6.84. The minimum absolute atomic E-state index is 0.0624. The summed E-state index contributed by atoms with van der Waals surface area (Å²) >= 11 is 0. The lowest BCUT2D eigenvalue weighted by atomic mass is 9.86. The third kappa shape index (κ3) is 2.47. The fourth-order valence-electron chi connectivity index (χ4n) is 3.85. The topological polar surface area (TPSA) is 188 Å². The maximum absolute atomic E-state index is 12.6. The van der Waals surface area contributed by atoms with Crippen molar-refractivity contribution in [1.82, 2.24) is 30.8 Å². The van der Waals surface area contributed by atoms with E-state index < -0.39 is 23.5 Å². The summed E-state index contributed by atoms with van der Waals surface area (Å²) in [5.74, 6) is -2.86. The van der Waals surface area contributed by atoms with Crippen LogP contribution in [0.2, 0.25) is 0 Å². The quantitative estimate of drug-likeness (QED) is 0.278. The number of nitrogens with zero attached hydrogens (tertiary/aromatic N) is 4. The minimum Gasteiger partial charge on any atom is -0.478 e. The van der Waals surface area contributed by atoms with Gasteiger partial charge in [0, 0.05) is 5.39 Å². The summed E-state index contributed by atoms with van der Waals surface area (Å²) in [5.41, 5.74) is 6.75. The lowest BCUT2D eigenvalue weighted by molar-refractivity contribution is -0.120. The molecule has 1 amide bonds. The largest absolute Gasteiger partial charge is 0.478 e. The first kappa shape index (κ1) is 17.6. The molecule has 0 radical (unpaired) electrons. The van der Waals surface area contributed by atoms with Crippen molar-refractivity contribution in [3.8, 4) is 0 Å². The Hall–Kier alpha value is -4.48. The molecule has 3 heterocycles. The normalized spacial score (nSPS) is 18.4. The standard InChI is InChI=1S/C18H15N9O3/c19-15(28)13(16-24-26-27-25-16)18(14-9-3-1-2-4-10(9)22-23-14)20-11-6-5-8(17(29)30)7-12(11)21-18/h1-7,13,20-21H,(H2,19,28)(H,22,23)(H,29,30)(H,24,25,26,27). The van der Waals surface area contributed by atoms with Gasteiger partial charge in [0.1, 0.15) is 5.92 Å². The Morgan fingerprint density at radius 1 is 1.07 bits per heavy atom. The number of primary amides is 1. The third-order valence-corrected chi connectivity index (χ3v) is 5.12. The number of rotatable bonds is 5. The maximum atomic E-state index is 12.6. The zero-order valence-corrected chi connectivity index (χ0v) is 15.2. The van der Waals surface area contributed by atoms with Gasteiger partial charge in [0.05, 0.1) is 28.1 Å². The Morgan fingerprint density at radius 2 is 1.87 bits per heavy atom. The van der Waals surface area contributed by atoms with Crippen LogP contribution in [-0.4, -0.2) is 47.8 Å². The van der Waals surface area contributed by atoms with Gasteiger partial charge in [-0.05, 0) is 24.3 Å². The number of hydrogen-bond donors (Lipinski definition) is 6. The molecule has 4 aromatic rings. The number of H-pyrrole nitrogens is 2. The van der Waals surface area contributed by atoms with E-state index in [-0.39, 0.29) is 11.4 Å². The second-order valence-corrected chi connectivity index (χ2v) is 6.84. The molecule has 7 N–H and O–H groups in total. The molecule has 30 heavy (non-hydrogen) atoms. The fourth-order valence-corrected chi connectivity index (χ4v) is 3.85. The van der Waals surface area contributed by atoms with Crippen LogP contribution in [0.1, 0.15) is 27.8 Å². The SMILES string of the molecule is NC(=O)C(c1nn[nH]n1)C1(c2[nH]nc3ccccc23)Nc2ccc(C(=O)O)cc2N1. The van der Waals surface area contributed by atoms with Gasteiger partial charge in [0.2, 0.25) is 5.91 Å². The molecular weight excluding hydrogens is 390 g/mol. The van der Waals surface area contributed by atoms with Crippen LogP contribution in [0.5, 0.6) is 0 Å². The number of para-hydroxylation sites is 1. The van der Waals surface area contributed by atoms with E-state index in [2.05, 4.69) is 41.5 Å². The summed E-state index contributed by atoms with van der Waals surface area (Å²) in [6.45, 7) is 0. The van der Waals surface area contributed by atoms with Crippen molar-refractivity contribution in [2.45, 2.75) is 11.6 Å². The molecule has 0 aliphatic carbocycles. The Labute approximate surface area is 167 Å². The van der Waals surface area contributed by atoms with Crippen LogP contribution in [0.25, 0.3) is 10.9 Å².